The first-order valence-electron chi connectivity index (χ1n) is 4.53. The molecule has 0 aliphatic carbocycles. The molecule has 1 aromatic carbocycles. The van der Waals surface area contributed by atoms with Crippen LogP contribution in [0.1, 0.15) is 17.2 Å². The third-order valence-electron chi connectivity index (χ3n) is 2.30. The van der Waals surface area contributed by atoms with Gasteiger partial charge in [0.05, 0.1) is 12.3 Å². The van der Waals surface area contributed by atoms with Crippen LogP contribution in [0.3, 0.4) is 0 Å². The van der Waals surface area contributed by atoms with Crippen molar-refractivity contribution in [2.75, 3.05) is 0 Å². The minimum Gasteiger partial charge on any atom is -0.453 e. The van der Waals surface area contributed by atoms with Crippen molar-refractivity contribution < 1.29 is 13.2 Å². The van der Waals surface area contributed by atoms with Crippen molar-refractivity contribution in [3.8, 4) is 0 Å². The molecule has 0 aliphatic heterocycles. The van der Waals surface area contributed by atoms with Gasteiger partial charge in [0.15, 0.2) is 16.9 Å². The number of rotatable bonds is 2. The van der Waals surface area contributed by atoms with E-state index in [1.165, 1.54) is 24.5 Å². The van der Waals surface area contributed by atoms with E-state index in [0.29, 0.717) is 5.56 Å². The molecule has 2 nitrogen and oxygen atoms in total. The van der Waals surface area contributed by atoms with E-state index in [4.69, 9.17) is 21.8 Å². The Kier molecular flexibility index (Phi) is 2.94. The molecular weight excluding hydrogens is 236 g/mol. The van der Waals surface area contributed by atoms with Gasteiger partial charge in [-0.3, -0.25) is 0 Å². The summed E-state index contributed by atoms with van der Waals surface area (Å²) in [6.07, 6.45) is 1.34. The second-order valence-electron chi connectivity index (χ2n) is 3.27. The lowest BCUT2D eigenvalue weighted by atomic mass is 10.0. The first-order valence-corrected chi connectivity index (χ1v) is 4.91. The summed E-state index contributed by atoms with van der Waals surface area (Å²) < 4.78 is 31.3. The molecule has 16 heavy (non-hydrogen) atoms. The van der Waals surface area contributed by atoms with Crippen molar-refractivity contribution >= 4 is 11.6 Å². The fourth-order valence-electron chi connectivity index (χ4n) is 1.45. The average molecular weight is 244 g/mol. The molecule has 1 aromatic heterocycles. The molecule has 2 rings (SSSR count). The van der Waals surface area contributed by atoms with Crippen LogP contribution in [0.25, 0.3) is 0 Å². The van der Waals surface area contributed by atoms with Crippen molar-refractivity contribution in [1.82, 2.24) is 0 Å². The summed E-state index contributed by atoms with van der Waals surface area (Å²) in [5.74, 6) is -1.90. The minimum atomic E-state index is -0.965. The van der Waals surface area contributed by atoms with Crippen molar-refractivity contribution in [3.05, 3.63) is 58.5 Å². The Hall–Kier alpha value is -1.39. The summed E-state index contributed by atoms with van der Waals surface area (Å²) in [4.78, 5) is 0. The third kappa shape index (κ3) is 1.81. The molecule has 0 spiro atoms. The molecule has 0 radical (unpaired) electrons. The summed E-state index contributed by atoms with van der Waals surface area (Å²) in [5, 5.41) is 0.0798. The van der Waals surface area contributed by atoms with Crippen LogP contribution < -0.4 is 5.73 Å². The summed E-state index contributed by atoms with van der Waals surface area (Å²) in [6, 6.07) is 4.51. The molecule has 0 bridgehead atoms. The molecule has 1 unspecified atom stereocenters. The van der Waals surface area contributed by atoms with Gasteiger partial charge in [0.1, 0.15) is 0 Å². The first-order chi connectivity index (χ1) is 7.61. The molecule has 0 amide bonds. The topological polar surface area (TPSA) is 39.2 Å². The Bertz CT molecular complexity index is 512. The highest BCUT2D eigenvalue weighted by molar-refractivity contribution is 6.29. The Labute approximate surface area is 95.6 Å². The fourth-order valence-corrected chi connectivity index (χ4v) is 1.69. The number of benzene rings is 1. The van der Waals surface area contributed by atoms with Gasteiger partial charge in [-0.2, -0.15) is 0 Å². The maximum Gasteiger partial charge on any atom is 0.198 e. The van der Waals surface area contributed by atoms with Gasteiger partial charge >= 0.3 is 0 Å². The quantitative estimate of drug-likeness (QED) is 0.879. The normalized spacial score (nSPS) is 12.8. The largest absolute Gasteiger partial charge is 0.453 e. The maximum absolute atomic E-state index is 13.4. The van der Waals surface area contributed by atoms with E-state index in [9.17, 15) is 8.78 Å². The summed E-state index contributed by atoms with van der Waals surface area (Å²) in [5.41, 5.74) is 6.25. The van der Waals surface area contributed by atoms with E-state index in [1.807, 2.05) is 0 Å². The van der Waals surface area contributed by atoms with Crippen LogP contribution in [-0.2, 0) is 0 Å². The van der Waals surface area contributed by atoms with Gasteiger partial charge in [0.2, 0.25) is 0 Å². The van der Waals surface area contributed by atoms with E-state index in [-0.39, 0.29) is 10.8 Å². The molecule has 5 heteroatoms. The molecule has 0 aliphatic rings. The van der Waals surface area contributed by atoms with Crippen LogP contribution in [0.5, 0.6) is 0 Å². The average Bonchev–Trinajstić information content (AvgIpc) is 2.68. The molecule has 2 N–H and O–H groups in total. The van der Waals surface area contributed by atoms with Crippen molar-refractivity contribution in [3.63, 3.8) is 0 Å². The highest BCUT2D eigenvalue weighted by Gasteiger charge is 2.19. The highest BCUT2D eigenvalue weighted by Crippen LogP contribution is 2.29. The Morgan fingerprint density at radius 3 is 2.56 bits per heavy atom. The van der Waals surface area contributed by atoms with Gasteiger partial charge in [0, 0.05) is 11.1 Å². The first kappa shape index (κ1) is 11.1. The van der Waals surface area contributed by atoms with E-state index in [2.05, 4.69) is 0 Å². The van der Waals surface area contributed by atoms with Gasteiger partial charge < -0.3 is 10.2 Å². The Morgan fingerprint density at radius 2 is 1.94 bits per heavy atom. The molecule has 1 heterocycles. The zero-order valence-corrected chi connectivity index (χ0v) is 8.84. The number of hydrogen-bond donors (Lipinski definition) is 1. The zero-order valence-electron chi connectivity index (χ0n) is 8.08. The van der Waals surface area contributed by atoms with E-state index >= 15 is 0 Å². The van der Waals surface area contributed by atoms with Crippen LogP contribution in [0.15, 0.2) is 34.9 Å². The molecule has 0 saturated carbocycles. The van der Waals surface area contributed by atoms with Crippen molar-refractivity contribution in [2.24, 2.45) is 5.73 Å². The monoisotopic (exact) mass is 243 g/mol. The van der Waals surface area contributed by atoms with Crippen LogP contribution in [0, 0.1) is 11.6 Å². The van der Waals surface area contributed by atoms with Gasteiger partial charge in [-0.1, -0.05) is 12.1 Å². The summed E-state index contributed by atoms with van der Waals surface area (Å²) in [7, 11) is 0. The maximum atomic E-state index is 13.4. The van der Waals surface area contributed by atoms with Gasteiger partial charge in [0.25, 0.3) is 0 Å². The molecule has 1 atom stereocenters. The van der Waals surface area contributed by atoms with E-state index in [0.717, 1.165) is 6.07 Å². The minimum absolute atomic E-state index is 0.0447. The summed E-state index contributed by atoms with van der Waals surface area (Å²) in [6.45, 7) is 0. The number of halogens is 3. The van der Waals surface area contributed by atoms with Crippen LogP contribution in [0.4, 0.5) is 8.78 Å². The Balaban J connectivity index is 2.46. The fraction of sp³-hybridized carbons (Fsp3) is 0.0909. The van der Waals surface area contributed by atoms with Crippen LogP contribution in [-0.4, -0.2) is 0 Å². The highest BCUT2D eigenvalue weighted by atomic mass is 35.5. The SMILES string of the molecule is NC(c1ccoc1Cl)c1cccc(F)c1F. The molecule has 84 valence electrons. The van der Waals surface area contributed by atoms with E-state index < -0.39 is 17.7 Å². The van der Waals surface area contributed by atoms with E-state index in [1.54, 1.807) is 0 Å². The smallest absolute Gasteiger partial charge is 0.198 e. The number of hydrogen-bond acceptors (Lipinski definition) is 2. The summed E-state index contributed by atoms with van der Waals surface area (Å²) >= 11 is 5.71. The zero-order chi connectivity index (χ0) is 11.7. The van der Waals surface area contributed by atoms with Crippen LogP contribution in [0.2, 0.25) is 5.22 Å². The van der Waals surface area contributed by atoms with Gasteiger partial charge in [-0.15, -0.1) is 0 Å². The van der Waals surface area contributed by atoms with Gasteiger partial charge in [-0.25, -0.2) is 8.78 Å². The number of furan rings is 1. The molecule has 0 saturated heterocycles. The lowest BCUT2D eigenvalue weighted by Crippen LogP contribution is -2.14. The lowest BCUT2D eigenvalue weighted by Gasteiger charge is -2.11. The molecular formula is C11H8ClF2NO. The second kappa shape index (κ2) is 4.23. The molecule has 2 aromatic rings. The van der Waals surface area contributed by atoms with Crippen molar-refractivity contribution in [2.45, 2.75) is 6.04 Å². The van der Waals surface area contributed by atoms with Gasteiger partial charge in [-0.05, 0) is 23.7 Å². The second-order valence-corrected chi connectivity index (χ2v) is 3.61. The predicted octanol–water partition coefficient (Wildman–Crippen LogP) is 3.26. The van der Waals surface area contributed by atoms with Crippen molar-refractivity contribution in [1.29, 1.82) is 0 Å². The molecule has 0 fully saturated rings. The lowest BCUT2D eigenvalue weighted by molar-refractivity contribution is 0.493. The Morgan fingerprint density at radius 1 is 1.19 bits per heavy atom. The number of nitrogens with two attached hydrogens (primary N) is 1. The standard InChI is InChI=1S/C11H8ClF2NO/c12-11-7(4-5-16-11)10(15)6-2-1-3-8(13)9(6)14/h1-5,10H,15H2. The van der Waals surface area contributed by atoms with Crippen LogP contribution >= 0.6 is 11.6 Å². The predicted molar refractivity (Wildman–Crippen MR) is 56.1 cm³/mol. The third-order valence-corrected chi connectivity index (χ3v) is 2.60.